The van der Waals surface area contributed by atoms with Crippen LogP contribution in [0.2, 0.25) is 0 Å². The molecule has 0 aliphatic carbocycles. The van der Waals surface area contributed by atoms with Gasteiger partial charge in [0.2, 0.25) is 16.0 Å². The number of nitrogens with zero attached hydrogens (tertiary/aromatic N) is 8. The number of aromatic nitrogens is 5. The van der Waals surface area contributed by atoms with E-state index >= 15 is 0 Å². The van der Waals surface area contributed by atoms with E-state index in [0.29, 0.717) is 24.5 Å². The van der Waals surface area contributed by atoms with E-state index in [1.165, 1.54) is 6.42 Å². The SMILES string of the molecule is Cc1ccc2nc(NS(C)(=O)=O)nc(N3CCCCC3c3cc4nc(N5CCC5)cc(N5CCOCC5)n4n3)c2c1. The Hall–Kier alpha value is -3.71. The van der Waals surface area contributed by atoms with E-state index in [-0.39, 0.29) is 12.0 Å². The van der Waals surface area contributed by atoms with Gasteiger partial charge in [-0.3, -0.25) is 4.72 Å². The molecule has 3 aromatic heterocycles. The highest BCUT2D eigenvalue weighted by Gasteiger charge is 2.31. The predicted molar refractivity (Wildman–Crippen MR) is 160 cm³/mol. The van der Waals surface area contributed by atoms with Gasteiger partial charge in [-0.05, 0) is 44.7 Å². The van der Waals surface area contributed by atoms with Gasteiger partial charge < -0.3 is 19.4 Å². The van der Waals surface area contributed by atoms with Crippen LogP contribution >= 0.6 is 0 Å². The molecule has 41 heavy (non-hydrogen) atoms. The number of hydrogen-bond acceptors (Lipinski definition) is 10. The van der Waals surface area contributed by atoms with E-state index in [9.17, 15) is 8.42 Å². The summed E-state index contributed by atoms with van der Waals surface area (Å²) < 4.78 is 34.3. The first kappa shape index (κ1) is 26.2. The van der Waals surface area contributed by atoms with Gasteiger partial charge in [0.15, 0.2) is 5.65 Å². The molecule has 12 nitrogen and oxygen atoms in total. The molecule has 4 aromatic rings. The third-order valence-electron chi connectivity index (χ3n) is 8.15. The number of nitrogens with one attached hydrogen (secondary N) is 1. The molecule has 1 aromatic carbocycles. The highest BCUT2D eigenvalue weighted by Crippen LogP contribution is 2.38. The molecule has 216 valence electrons. The Morgan fingerprint density at radius 3 is 2.51 bits per heavy atom. The lowest BCUT2D eigenvalue weighted by molar-refractivity contribution is 0.122. The van der Waals surface area contributed by atoms with E-state index in [0.717, 1.165) is 92.2 Å². The van der Waals surface area contributed by atoms with Gasteiger partial charge in [-0.15, -0.1) is 0 Å². The molecule has 0 spiro atoms. The van der Waals surface area contributed by atoms with Crippen LogP contribution in [-0.4, -0.2) is 85.2 Å². The zero-order valence-corrected chi connectivity index (χ0v) is 24.3. The van der Waals surface area contributed by atoms with Gasteiger partial charge >= 0.3 is 0 Å². The van der Waals surface area contributed by atoms with Crippen LogP contribution in [0.25, 0.3) is 16.6 Å². The van der Waals surface area contributed by atoms with Crippen molar-refractivity contribution < 1.29 is 13.2 Å². The van der Waals surface area contributed by atoms with Crippen molar-refractivity contribution in [3.05, 3.63) is 41.6 Å². The fourth-order valence-corrected chi connectivity index (χ4v) is 6.42. The Morgan fingerprint density at radius 1 is 0.927 bits per heavy atom. The fourth-order valence-electron chi connectivity index (χ4n) is 6.00. The molecule has 1 atom stereocenters. The summed E-state index contributed by atoms with van der Waals surface area (Å²) in [6.45, 7) is 7.86. The van der Waals surface area contributed by atoms with Crippen LogP contribution in [0, 0.1) is 6.92 Å². The summed E-state index contributed by atoms with van der Waals surface area (Å²) >= 11 is 0. The molecule has 0 saturated carbocycles. The summed E-state index contributed by atoms with van der Waals surface area (Å²) in [4.78, 5) is 21.2. The Morgan fingerprint density at radius 2 is 1.76 bits per heavy atom. The number of rotatable bonds is 6. The number of benzene rings is 1. The van der Waals surface area contributed by atoms with E-state index in [2.05, 4.69) is 42.6 Å². The molecule has 0 bridgehead atoms. The van der Waals surface area contributed by atoms with Crippen molar-refractivity contribution in [1.29, 1.82) is 0 Å². The van der Waals surface area contributed by atoms with Crippen LogP contribution in [0.5, 0.6) is 0 Å². The molecule has 3 fully saturated rings. The fraction of sp³-hybridized carbons (Fsp3) is 0.500. The molecule has 13 heteroatoms. The molecule has 3 saturated heterocycles. The van der Waals surface area contributed by atoms with Crippen molar-refractivity contribution in [2.75, 3.05) is 71.6 Å². The summed E-state index contributed by atoms with van der Waals surface area (Å²) in [5.41, 5.74) is 3.55. The van der Waals surface area contributed by atoms with Crippen molar-refractivity contribution in [1.82, 2.24) is 24.6 Å². The van der Waals surface area contributed by atoms with Gasteiger partial charge in [-0.1, -0.05) is 11.6 Å². The highest BCUT2D eigenvalue weighted by molar-refractivity contribution is 7.92. The maximum Gasteiger partial charge on any atom is 0.239 e. The topological polar surface area (TPSA) is 121 Å². The van der Waals surface area contributed by atoms with Gasteiger partial charge in [0.1, 0.15) is 17.5 Å². The van der Waals surface area contributed by atoms with Gasteiger partial charge in [-0.25, -0.2) is 18.4 Å². The molecule has 7 rings (SSSR count). The number of ether oxygens (including phenoxy) is 1. The van der Waals surface area contributed by atoms with Crippen molar-refractivity contribution in [3.63, 3.8) is 0 Å². The minimum atomic E-state index is -3.54. The van der Waals surface area contributed by atoms with Crippen LogP contribution in [0.3, 0.4) is 0 Å². The summed E-state index contributed by atoms with van der Waals surface area (Å²) in [6, 6.07) is 10.2. The maximum absolute atomic E-state index is 12.1. The largest absolute Gasteiger partial charge is 0.378 e. The summed E-state index contributed by atoms with van der Waals surface area (Å²) in [5.74, 6) is 2.82. The molecule has 1 unspecified atom stereocenters. The first-order chi connectivity index (χ1) is 19.8. The monoisotopic (exact) mass is 577 g/mol. The predicted octanol–water partition coefficient (Wildman–Crippen LogP) is 3.13. The summed E-state index contributed by atoms with van der Waals surface area (Å²) in [7, 11) is -3.54. The number of piperidine rings is 1. The third-order valence-corrected chi connectivity index (χ3v) is 8.71. The van der Waals surface area contributed by atoms with E-state index in [1.54, 1.807) is 0 Å². The average Bonchev–Trinajstić information content (AvgIpc) is 3.35. The maximum atomic E-state index is 12.1. The minimum absolute atomic E-state index is 0.0415. The molecule has 1 N–H and O–H groups in total. The number of hydrogen-bond donors (Lipinski definition) is 1. The Bertz CT molecular complexity index is 1710. The summed E-state index contributed by atoms with van der Waals surface area (Å²) in [6.07, 6.45) is 5.27. The second-order valence-electron chi connectivity index (χ2n) is 11.2. The molecule has 3 aliphatic rings. The lowest BCUT2D eigenvalue weighted by atomic mass is 9.98. The van der Waals surface area contributed by atoms with Crippen LogP contribution in [0.4, 0.5) is 23.4 Å². The lowest BCUT2D eigenvalue weighted by Gasteiger charge is -2.36. The number of fused-ring (bicyclic) bond motifs is 2. The van der Waals surface area contributed by atoms with Gasteiger partial charge in [0.05, 0.1) is 36.7 Å². The Labute approximate surface area is 239 Å². The van der Waals surface area contributed by atoms with Crippen molar-refractivity contribution in [2.24, 2.45) is 0 Å². The number of morpholine rings is 1. The van der Waals surface area contributed by atoms with Crippen LogP contribution in [0.15, 0.2) is 30.3 Å². The lowest BCUT2D eigenvalue weighted by Crippen LogP contribution is -2.40. The highest BCUT2D eigenvalue weighted by atomic mass is 32.2. The van der Waals surface area contributed by atoms with Crippen LogP contribution in [0.1, 0.15) is 43.0 Å². The first-order valence-corrected chi connectivity index (χ1v) is 16.2. The quantitative estimate of drug-likeness (QED) is 0.366. The van der Waals surface area contributed by atoms with Gasteiger partial charge in [-0.2, -0.15) is 14.6 Å². The second kappa shape index (κ2) is 10.3. The number of aryl methyl sites for hydroxylation is 1. The molecular formula is C28H35N9O3S. The number of sulfonamides is 1. The minimum Gasteiger partial charge on any atom is -0.378 e. The normalized spacial score (nSPS) is 20.0. The van der Waals surface area contributed by atoms with Crippen LogP contribution in [-0.2, 0) is 14.8 Å². The molecule has 0 radical (unpaired) electrons. The van der Waals surface area contributed by atoms with Gasteiger partial charge in [0.25, 0.3) is 0 Å². The Balaban J connectivity index is 1.34. The molecule has 0 amide bonds. The third kappa shape index (κ3) is 5.12. The average molecular weight is 578 g/mol. The van der Waals surface area contributed by atoms with E-state index < -0.39 is 10.0 Å². The second-order valence-corrected chi connectivity index (χ2v) is 13.0. The van der Waals surface area contributed by atoms with Crippen molar-refractivity contribution in [2.45, 2.75) is 38.6 Å². The van der Waals surface area contributed by atoms with Crippen molar-refractivity contribution in [3.8, 4) is 0 Å². The zero-order chi connectivity index (χ0) is 28.1. The van der Waals surface area contributed by atoms with Crippen LogP contribution < -0.4 is 19.4 Å². The number of anilines is 4. The standard InChI is InChI=1S/C28H35N9O3S/c1-19-7-8-21-20(16-19)27(31-28(29-21)33-41(2,38)39)36-11-4-3-6-23(36)22-17-25-30-24(34-9-5-10-34)18-26(37(25)32-22)35-12-14-40-15-13-35/h7-8,16-18,23H,3-6,9-15H2,1-2H3,(H,29,31,33). The zero-order valence-electron chi connectivity index (χ0n) is 23.5. The molecule has 3 aliphatic heterocycles. The van der Waals surface area contributed by atoms with E-state index in [4.69, 9.17) is 19.8 Å². The smallest absolute Gasteiger partial charge is 0.239 e. The first-order valence-electron chi connectivity index (χ1n) is 14.3. The summed E-state index contributed by atoms with van der Waals surface area (Å²) in [5, 5.41) is 6.06. The van der Waals surface area contributed by atoms with Gasteiger partial charge in [0, 0.05) is 50.2 Å². The molecule has 6 heterocycles. The molecular weight excluding hydrogens is 542 g/mol. The van der Waals surface area contributed by atoms with Crippen molar-refractivity contribution >= 4 is 50.0 Å². The Kier molecular flexibility index (Phi) is 6.57. The van der Waals surface area contributed by atoms with E-state index in [1.807, 2.05) is 23.6 Å².